The molecule has 0 unspecified atom stereocenters. The molecule has 11 heavy (non-hydrogen) atoms. The third kappa shape index (κ3) is 0.636. The Balaban J connectivity index is 2.11. The first-order chi connectivity index (χ1) is 5.24. The second-order valence-electron chi connectivity index (χ2n) is 2.50. The highest BCUT2D eigenvalue weighted by Gasteiger charge is 2.53. The number of fused-ring (bicyclic) bond motifs is 1. The number of hydrogen-bond donors (Lipinski definition) is 0. The van der Waals surface area contributed by atoms with E-state index >= 15 is 0 Å². The number of methoxy groups -OCH3 is 1. The van der Waals surface area contributed by atoms with Gasteiger partial charge in [-0.3, -0.25) is 4.79 Å². The van der Waals surface area contributed by atoms with Crippen LogP contribution in [0, 0.1) is 5.92 Å². The van der Waals surface area contributed by atoms with Gasteiger partial charge in [-0.15, -0.1) is 0 Å². The van der Waals surface area contributed by atoms with Crippen LogP contribution in [0.4, 0.5) is 0 Å². The zero-order valence-electron chi connectivity index (χ0n) is 5.87. The van der Waals surface area contributed by atoms with E-state index in [2.05, 4.69) is 9.47 Å². The van der Waals surface area contributed by atoms with Crippen LogP contribution in [0.1, 0.15) is 0 Å². The Morgan fingerprint density at radius 3 is 2.82 bits per heavy atom. The van der Waals surface area contributed by atoms with Crippen molar-refractivity contribution in [2.24, 2.45) is 5.92 Å². The van der Waals surface area contributed by atoms with Crippen molar-refractivity contribution in [3.8, 4) is 0 Å². The Bertz CT molecular complexity index is 266. The highest BCUT2D eigenvalue weighted by atomic mass is 16.6. The molecule has 0 spiro atoms. The fourth-order valence-corrected chi connectivity index (χ4v) is 1.21. The lowest BCUT2D eigenvalue weighted by atomic mass is 9.79. The Labute approximate surface area is 62.8 Å². The average Bonchev–Trinajstić information content (AvgIpc) is 1.99. The lowest BCUT2D eigenvalue weighted by molar-refractivity contribution is -0.180. The summed E-state index contributed by atoms with van der Waals surface area (Å²) in [4.78, 5) is 21.3. The smallest absolute Gasteiger partial charge is 0.337 e. The minimum atomic E-state index is -0.404. The van der Waals surface area contributed by atoms with Crippen LogP contribution in [0.3, 0.4) is 0 Å². The molecule has 0 amide bonds. The first-order valence-electron chi connectivity index (χ1n) is 3.24. The molecule has 4 nitrogen and oxygen atoms in total. The molecule has 0 bridgehead atoms. The van der Waals surface area contributed by atoms with Crippen molar-refractivity contribution in [1.82, 2.24) is 0 Å². The van der Waals surface area contributed by atoms with E-state index in [1.165, 1.54) is 7.11 Å². The Morgan fingerprint density at radius 1 is 1.73 bits per heavy atom. The van der Waals surface area contributed by atoms with E-state index in [1.807, 2.05) is 0 Å². The molecule has 0 saturated carbocycles. The van der Waals surface area contributed by atoms with Gasteiger partial charge < -0.3 is 9.47 Å². The van der Waals surface area contributed by atoms with Gasteiger partial charge in [0.15, 0.2) is 6.10 Å². The molecule has 0 aromatic carbocycles. The minimum absolute atomic E-state index is 0.177. The van der Waals surface area contributed by atoms with E-state index in [9.17, 15) is 9.59 Å². The van der Waals surface area contributed by atoms with Gasteiger partial charge >= 0.3 is 11.9 Å². The standard InChI is InChI=1S/C7H6O4/c1-10-6(8)3-2-4-5(3)11-7(4)9/h2,4-5H,1H3/t4-,5+/m1/s1. The predicted molar refractivity (Wildman–Crippen MR) is 33.5 cm³/mol. The summed E-state index contributed by atoms with van der Waals surface area (Å²) in [7, 11) is 1.30. The molecule has 4 heteroatoms. The third-order valence-electron chi connectivity index (χ3n) is 1.93. The average molecular weight is 154 g/mol. The Kier molecular flexibility index (Phi) is 1.07. The maximum atomic E-state index is 10.8. The van der Waals surface area contributed by atoms with Crippen molar-refractivity contribution in [2.45, 2.75) is 6.10 Å². The zero-order valence-corrected chi connectivity index (χ0v) is 5.87. The summed E-state index contributed by atoms with van der Waals surface area (Å²) >= 11 is 0. The van der Waals surface area contributed by atoms with Gasteiger partial charge in [0.25, 0.3) is 0 Å². The van der Waals surface area contributed by atoms with Crippen LogP contribution in [0.15, 0.2) is 11.6 Å². The lowest BCUT2D eigenvalue weighted by Crippen LogP contribution is -2.53. The van der Waals surface area contributed by atoms with Gasteiger partial charge in [-0.2, -0.15) is 0 Å². The van der Waals surface area contributed by atoms with Crippen LogP contribution < -0.4 is 0 Å². The minimum Gasteiger partial charge on any atom is -0.466 e. The van der Waals surface area contributed by atoms with Gasteiger partial charge in [0.1, 0.15) is 5.92 Å². The maximum absolute atomic E-state index is 10.8. The molecule has 0 aromatic heterocycles. The van der Waals surface area contributed by atoms with Gasteiger partial charge in [-0.25, -0.2) is 4.79 Å². The van der Waals surface area contributed by atoms with E-state index in [4.69, 9.17) is 0 Å². The molecule has 1 aliphatic heterocycles. The Hall–Kier alpha value is -1.32. The number of ether oxygens (including phenoxy) is 2. The van der Waals surface area contributed by atoms with Gasteiger partial charge in [0.2, 0.25) is 0 Å². The number of hydrogen-bond acceptors (Lipinski definition) is 4. The summed E-state index contributed by atoms with van der Waals surface area (Å²) < 4.78 is 9.11. The van der Waals surface area contributed by atoms with Gasteiger partial charge in [-0.05, 0) is 0 Å². The molecule has 0 N–H and O–H groups in total. The van der Waals surface area contributed by atoms with Crippen LogP contribution in [0.5, 0.6) is 0 Å². The molecule has 2 rings (SSSR count). The van der Waals surface area contributed by atoms with Crippen LogP contribution in [0.2, 0.25) is 0 Å². The first kappa shape index (κ1) is 6.39. The molecule has 0 radical (unpaired) electrons. The van der Waals surface area contributed by atoms with Crippen LogP contribution in [-0.2, 0) is 19.1 Å². The topological polar surface area (TPSA) is 52.6 Å². The van der Waals surface area contributed by atoms with Crippen molar-refractivity contribution in [2.75, 3.05) is 7.11 Å². The SMILES string of the molecule is COC(=O)C1=C[C@H]2C(=O)O[C@@H]12. The number of esters is 2. The highest BCUT2D eigenvalue weighted by Crippen LogP contribution is 2.39. The van der Waals surface area contributed by atoms with E-state index in [0.29, 0.717) is 5.57 Å². The molecule has 1 saturated heterocycles. The summed E-state index contributed by atoms with van der Waals surface area (Å²) in [6, 6.07) is 0. The van der Waals surface area contributed by atoms with Crippen molar-refractivity contribution in [1.29, 1.82) is 0 Å². The molecule has 1 fully saturated rings. The second-order valence-corrected chi connectivity index (χ2v) is 2.50. The molecular weight excluding hydrogens is 148 g/mol. The summed E-state index contributed by atoms with van der Waals surface area (Å²) in [5.74, 6) is -0.828. The number of carbonyl (C=O) groups excluding carboxylic acids is 2. The summed E-state index contributed by atoms with van der Waals surface area (Å²) in [5, 5.41) is 0. The molecule has 58 valence electrons. The molecule has 1 heterocycles. The van der Waals surface area contributed by atoms with Crippen LogP contribution in [-0.4, -0.2) is 25.2 Å². The third-order valence-corrected chi connectivity index (χ3v) is 1.93. The van der Waals surface area contributed by atoms with Crippen LogP contribution in [0.25, 0.3) is 0 Å². The largest absolute Gasteiger partial charge is 0.466 e. The van der Waals surface area contributed by atoms with E-state index < -0.39 is 5.97 Å². The van der Waals surface area contributed by atoms with E-state index in [0.717, 1.165) is 0 Å². The predicted octanol–water partition coefficient (Wildman–Crippen LogP) is -0.359. The van der Waals surface area contributed by atoms with E-state index in [-0.39, 0.29) is 18.0 Å². The monoisotopic (exact) mass is 154 g/mol. The van der Waals surface area contributed by atoms with E-state index in [1.54, 1.807) is 6.08 Å². The molecule has 1 aliphatic carbocycles. The molecule has 2 aliphatic rings. The Morgan fingerprint density at radius 2 is 2.45 bits per heavy atom. The van der Waals surface area contributed by atoms with Crippen molar-refractivity contribution < 1.29 is 19.1 Å². The van der Waals surface area contributed by atoms with Gasteiger partial charge in [0, 0.05) is 0 Å². The highest BCUT2D eigenvalue weighted by molar-refractivity contribution is 5.99. The van der Waals surface area contributed by atoms with Gasteiger partial charge in [-0.1, -0.05) is 6.08 Å². The normalized spacial score (nSPS) is 32.1. The summed E-state index contributed by atoms with van der Waals surface area (Å²) in [6.07, 6.45) is 1.28. The quantitative estimate of drug-likeness (QED) is 0.484. The fourth-order valence-electron chi connectivity index (χ4n) is 1.21. The summed E-state index contributed by atoms with van der Waals surface area (Å²) in [5.41, 5.74) is 0.470. The summed E-state index contributed by atoms with van der Waals surface area (Å²) in [6.45, 7) is 0. The molecule has 0 aromatic rings. The van der Waals surface area contributed by atoms with Crippen molar-refractivity contribution >= 4 is 11.9 Å². The van der Waals surface area contributed by atoms with Crippen molar-refractivity contribution in [3.05, 3.63) is 11.6 Å². The lowest BCUT2D eigenvalue weighted by Gasteiger charge is -2.40. The number of carbonyl (C=O) groups is 2. The zero-order chi connectivity index (χ0) is 8.01. The maximum Gasteiger partial charge on any atom is 0.337 e. The first-order valence-corrected chi connectivity index (χ1v) is 3.24. The van der Waals surface area contributed by atoms with Crippen molar-refractivity contribution in [3.63, 3.8) is 0 Å². The second kappa shape index (κ2) is 1.84. The molecule has 2 atom stereocenters. The molecular formula is C7H6O4. The van der Waals surface area contributed by atoms with Gasteiger partial charge in [0.05, 0.1) is 12.7 Å². The van der Waals surface area contributed by atoms with Crippen LogP contribution >= 0.6 is 0 Å². The fraction of sp³-hybridized carbons (Fsp3) is 0.429. The number of rotatable bonds is 1.